The number of rotatable bonds is 5. The number of ketones is 1. The molecule has 0 radical (unpaired) electrons. The van der Waals surface area contributed by atoms with Crippen LogP contribution < -0.4 is 9.64 Å². The summed E-state index contributed by atoms with van der Waals surface area (Å²) in [7, 11) is 1.62. The van der Waals surface area contributed by atoms with Crippen LogP contribution in [0.25, 0.3) is 11.8 Å². The van der Waals surface area contributed by atoms with Gasteiger partial charge in [-0.2, -0.15) is 0 Å². The molecule has 0 saturated heterocycles. The summed E-state index contributed by atoms with van der Waals surface area (Å²) < 4.78 is 5.20. The highest BCUT2D eigenvalue weighted by Crippen LogP contribution is 2.35. The first kappa shape index (κ1) is 20.6. The molecule has 0 unspecified atom stereocenters. The highest BCUT2D eigenvalue weighted by Gasteiger charge is 2.30. The minimum absolute atomic E-state index is 0.0205. The van der Waals surface area contributed by atoms with E-state index in [0.717, 1.165) is 22.6 Å². The summed E-state index contributed by atoms with van der Waals surface area (Å²) in [6.45, 7) is 1.52. The van der Waals surface area contributed by atoms with Gasteiger partial charge in [-0.1, -0.05) is 35.9 Å². The predicted octanol–water partition coefficient (Wildman–Crippen LogP) is 6.02. The van der Waals surface area contributed by atoms with Crippen LogP contribution in [0.1, 0.15) is 28.4 Å². The number of anilines is 1. The number of benzene rings is 3. The Bertz CT molecular complexity index is 1190. The van der Waals surface area contributed by atoms with Crippen LogP contribution in [0, 0.1) is 0 Å². The lowest BCUT2D eigenvalue weighted by Crippen LogP contribution is -2.25. The second kappa shape index (κ2) is 8.62. The first-order chi connectivity index (χ1) is 15.0. The average Bonchev–Trinajstić information content (AvgIpc) is 3.10. The molecular formula is C26H20ClNO3. The SMILES string of the molecule is COc1ccc(/C=C2/C=C(c3ccc(Cl)cc3)N(c3ccc(C(C)=O)cc3)C2=O)cc1. The highest BCUT2D eigenvalue weighted by atomic mass is 35.5. The molecule has 0 atom stereocenters. The Morgan fingerprint density at radius 2 is 1.58 bits per heavy atom. The van der Waals surface area contributed by atoms with Crippen molar-refractivity contribution in [2.75, 3.05) is 12.0 Å². The number of nitrogens with zero attached hydrogens (tertiary/aromatic N) is 1. The first-order valence-corrected chi connectivity index (χ1v) is 10.1. The molecule has 0 aromatic heterocycles. The number of ether oxygens (including phenoxy) is 1. The molecule has 0 saturated carbocycles. The van der Waals surface area contributed by atoms with Crippen LogP contribution in [0.4, 0.5) is 5.69 Å². The molecule has 1 heterocycles. The van der Waals surface area contributed by atoms with Crippen molar-refractivity contribution in [2.24, 2.45) is 0 Å². The molecule has 31 heavy (non-hydrogen) atoms. The van der Waals surface area contributed by atoms with Crippen molar-refractivity contribution < 1.29 is 14.3 Å². The molecule has 5 heteroatoms. The maximum atomic E-state index is 13.4. The summed E-state index contributed by atoms with van der Waals surface area (Å²) in [5, 5.41) is 0.625. The monoisotopic (exact) mass is 429 g/mol. The van der Waals surface area contributed by atoms with Crippen molar-refractivity contribution in [2.45, 2.75) is 6.92 Å². The van der Waals surface area contributed by atoms with E-state index in [2.05, 4.69) is 0 Å². The fourth-order valence-corrected chi connectivity index (χ4v) is 3.56. The molecule has 4 nitrogen and oxygen atoms in total. The van der Waals surface area contributed by atoms with Crippen LogP contribution in [-0.2, 0) is 4.79 Å². The van der Waals surface area contributed by atoms with E-state index in [1.807, 2.05) is 48.6 Å². The Morgan fingerprint density at radius 3 is 2.16 bits per heavy atom. The summed E-state index contributed by atoms with van der Waals surface area (Å²) in [5.41, 5.74) is 4.36. The second-order valence-electron chi connectivity index (χ2n) is 7.15. The van der Waals surface area contributed by atoms with E-state index >= 15 is 0 Å². The van der Waals surface area contributed by atoms with Gasteiger partial charge in [-0.3, -0.25) is 14.5 Å². The Morgan fingerprint density at radius 1 is 0.935 bits per heavy atom. The van der Waals surface area contributed by atoms with E-state index in [4.69, 9.17) is 16.3 Å². The van der Waals surface area contributed by atoms with Crippen LogP contribution in [0.3, 0.4) is 0 Å². The minimum atomic E-state index is -0.142. The third-order valence-corrected chi connectivity index (χ3v) is 5.35. The zero-order valence-corrected chi connectivity index (χ0v) is 17.9. The third kappa shape index (κ3) is 4.30. The van der Waals surface area contributed by atoms with E-state index in [1.54, 1.807) is 48.4 Å². The number of amides is 1. The molecule has 0 spiro atoms. The fraction of sp³-hybridized carbons (Fsp3) is 0.0769. The molecule has 0 fully saturated rings. The first-order valence-electron chi connectivity index (χ1n) is 9.75. The number of Topliss-reactive ketones (excluding diaryl/α,β-unsaturated/α-hetero) is 1. The van der Waals surface area contributed by atoms with Gasteiger partial charge in [-0.05, 0) is 78.7 Å². The van der Waals surface area contributed by atoms with Gasteiger partial charge in [-0.25, -0.2) is 0 Å². The van der Waals surface area contributed by atoms with Crippen molar-refractivity contribution >= 4 is 40.8 Å². The van der Waals surface area contributed by atoms with Crippen LogP contribution in [0.5, 0.6) is 5.75 Å². The van der Waals surface area contributed by atoms with Crippen molar-refractivity contribution in [3.63, 3.8) is 0 Å². The quantitative estimate of drug-likeness (QED) is 0.368. The summed E-state index contributed by atoms with van der Waals surface area (Å²) >= 11 is 6.05. The lowest BCUT2D eigenvalue weighted by atomic mass is 10.1. The Balaban J connectivity index is 1.77. The molecule has 3 aromatic rings. The molecule has 1 aliphatic rings. The lowest BCUT2D eigenvalue weighted by molar-refractivity contribution is -0.113. The summed E-state index contributed by atoms with van der Waals surface area (Å²) in [6, 6.07) is 21.9. The normalized spacial score (nSPS) is 14.7. The number of hydrogen-bond donors (Lipinski definition) is 0. The van der Waals surface area contributed by atoms with Gasteiger partial charge in [0.2, 0.25) is 0 Å². The van der Waals surface area contributed by atoms with Gasteiger partial charge in [0.25, 0.3) is 5.91 Å². The van der Waals surface area contributed by atoms with E-state index in [0.29, 0.717) is 21.8 Å². The standard InChI is InChI=1S/C26H20ClNO3/c1-17(29)19-7-11-23(12-8-19)28-25(20-5-9-22(27)10-6-20)16-21(26(28)30)15-18-3-13-24(31-2)14-4-18/h3-16H,1-2H3/b21-15-. The van der Waals surface area contributed by atoms with Crippen molar-refractivity contribution in [3.05, 3.63) is 106 Å². The lowest BCUT2D eigenvalue weighted by Gasteiger charge is -2.21. The van der Waals surface area contributed by atoms with Crippen LogP contribution >= 0.6 is 11.6 Å². The Kier molecular flexibility index (Phi) is 5.74. The molecule has 0 bridgehead atoms. The van der Waals surface area contributed by atoms with Crippen molar-refractivity contribution in [1.82, 2.24) is 0 Å². The molecule has 3 aromatic carbocycles. The summed E-state index contributed by atoms with van der Waals surface area (Å²) in [5.74, 6) is 0.591. The number of carbonyl (C=O) groups is 2. The van der Waals surface area contributed by atoms with Crippen LogP contribution in [-0.4, -0.2) is 18.8 Å². The van der Waals surface area contributed by atoms with Crippen LogP contribution in [0.2, 0.25) is 5.02 Å². The smallest absolute Gasteiger partial charge is 0.262 e. The topological polar surface area (TPSA) is 46.6 Å². The summed E-state index contributed by atoms with van der Waals surface area (Å²) in [4.78, 5) is 26.7. The third-order valence-electron chi connectivity index (χ3n) is 5.09. The number of halogens is 1. The minimum Gasteiger partial charge on any atom is -0.497 e. The van der Waals surface area contributed by atoms with Gasteiger partial charge < -0.3 is 4.74 Å². The summed E-state index contributed by atoms with van der Waals surface area (Å²) in [6.07, 6.45) is 3.72. The average molecular weight is 430 g/mol. The van der Waals surface area contributed by atoms with Crippen molar-refractivity contribution in [1.29, 1.82) is 0 Å². The maximum absolute atomic E-state index is 13.4. The number of carbonyl (C=O) groups excluding carboxylic acids is 2. The largest absolute Gasteiger partial charge is 0.497 e. The highest BCUT2D eigenvalue weighted by molar-refractivity contribution is 6.30. The second-order valence-corrected chi connectivity index (χ2v) is 7.59. The van der Waals surface area contributed by atoms with Gasteiger partial charge in [0.1, 0.15) is 5.75 Å². The fourth-order valence-electron chi connectivity index (χ4n) is 3.43. The van der Waals surface area contributed by atoms with Crippen molar-refractivity contribution in [3.8, 4) is 5.75 Å². The number of methoxy groups -OCH3 is 1. The molecule has 1 aliphatic heterocycles. The Hall–Kier alpha value is -3.63. The van der Waals surface area contributed by atoms with E-state index in [1.165, 1.54) is 6.92 Å². The molecule has 1 amide bonds. The van der Waals surface area contributed by atoms with Gasteiger partial charge >= 0.3 is 0 Å². The van der Waals surface area contributed by atoms with E-state index in [-0.39, 0.29) is 11.7 Å². The zero-order valence-electron chi connectivity index (χ0n) is 17.1. The molecule has 154 valence electrons. The van der Waals surface area contributed by atoms with Gasteiger partial charge in [0, 0.05) is 21.8 Å². The zero-order chi connectivity index (χ0) is 22.0. The van der Waals surface area contributed by atoms with Crippen LogP contribution in [0.15, 0.2) is 84.4 Å². The predicted molar refractivity (Wildman–Crippen MR) is 124 cm³/mol. The van der Waals surface area contributed by atoms with E-state index < -0.39 is 0 Å². The van der Waals surface area contributed by atoms with E-state index in [9.17, 15) is 9.59 Å². The Labute approximate surface area is 186 Å². The molecular weight excluding hydrogens is 410 g/mol. The number of hydrogen-bond acceptors (Lipinski definition) is 3. The van der Waals surface area contributed by atoms with Gasteiger partial charge in [-0.15, -0.1) is 0 Å². The maximum Gasteiger partial charge on any atom is 0.262 e. The molecule has 0 N–H and O–H groups in total. The molecule has 4 rings (SSSR count). The van der Waals surface area contributed by atoms with Gasteiger partial charge in [0.15, 0.2) is 5.78 Å². The molecule has 0 aliphatic carbocycles. The van der Waals surface area contributed by atoms with Gasteiger partial charge in [0.05, 0.1) is 12.8 Å².